The lowest BCUT2D eigenvalue weighted by atomic mass is 10.2. The minimum absolute atomic E-state index is 0.273. The van der Waals surface area contributed by atoms with Gasteiger partial charge in [-0.2, -0.15) is 0 Å². The first-order valence-corrected chi connectivity index (χ1v) is 5.59. The van der Waals surface area contributed by atoms with Gasteiger partial charge in [0.1, 0.15) is 11.4 Å². The van der Waals surface area contributed by atoms with E-state index in [1.165, 1.54) is 0 Å². The van der Waals surface area contributed by atoms with Crippen molar-refractivity contribution in [2.24, 2.45) is 0 Å². The molecule has 1 aromatic heterocycles. The molecule has 0 aliphatic rings. The fraction of sp³-hybridized carbons (Fsp3) is 0.385. The molecule has 0 saturated carbocycles. The summed E-state index contributed by atoms with van der Waals surface area (Å²) in [5, 5.41) is 2.57. The number of carbonyl (C=O) groups excluding carboxylic acids is 2. The third kappa shape index (κ3) is 5.34. The normalized spacial score (nSPS) is 11.5. The fourth-order valence-electron chi connectivity index (χ4n) is 1.15. The number of nitrogens with one attached hydrogen (secondary N) is 1. The van der Waals surface area contributed by atoms with Crippen molar-refractivity contribution >= 4 is 18.5 Å². The molecule has 0 saturated heterocycles. The summed E-state index contributed by atoms with van der Waals surface area (Å²) in [6.45, 7) is 5.72. The molecule has 0 aromatic carbocycles. The van der Waals surface area contributed by atoms with E-state index in [-0.39, 0.29) is 5.76 Å². The van der Waals surface area contributed by atoms with E-state index >= 15 is 0 Å². The second-order valence-corrected chi connectivity index (χ2v) is 4.64. The van der Waals surface area contributed by atoms with Crippen LogP contribution in [0.15, 0.2) is 22.6 Å². The average Bonchev–Trinajstić information content (AvgIpc) is 2.70. The Labute approximate surface area is 106 Å². The van der Waals surface area contributed by atoms with Crippen LogP contribution in [0.4, 0.5) is 4.79 Å². The topological polar surface area (TPSA) is 68.5 Å². The molecule has 1 amide bonds. The molecule has 18 heavy (non-hydrogen) atoms. The number of carbonyl (C=O) groups is 2. The average molecular weight is 251 g/mol. The number of hydrogen-bond donors (Lipinski definition) is 1. The Bertz CT molecular complexity index is 440. The summed E-state index contributed by atoms with van der Waals surface area (Å²) in [5.74, 6) is 0.831. The summed E-state index contributed by atoms with van der Waals surface area (Å²) in [5.41, 5.74) is -0.506. The number of rotatable bonds is 4. The lowest BCUT2D eigenvalue weighted by molar-refractivity contribution is 0.0534. The highest BCUT2D eigenvalue weighted by Crippen LogP contribution is 2.07. The first kappa shape index (κ1) is 14.0. The maximum atomic E-state index is 11.3. The van der Waals surface area contributed by atoms with E-state index in [1.807, 2.05) is 0 Å². The van der Waals surface area contributed by atoms with Gasteiger partial charge in [-0.25, -0.2) is 4.79 Å². The lowest BCUT2D eigenvalue weighted by Gasteiger charge is -2.19. The quantitative estimate of drug-likeness (QED) is 0.835. The number of alkyl carbamates (subject to hydrolysis) is 1. The van der Waals surface area contributed by atoms with Crippen molar-refractivity contribution in [2.75, 3.05) is 6.54 Å². The second kappa shape index (κ2) is 6.05. The van der Waals surface area contributed by atoms with Crippen LogP contribution in [0.5, 0.6) is 0 Å². The van der Waals surface area contributed by atoms with Crippen LogP contribution in [-0.4, -0.2) is 24.5 Å². The molecular formula is C13H17NO4. The summed E-state index contributed by atoms with van der Waals surface area (Å²) < 4.78 is 10.2. The summed E-state index contributed by atoms with van der Waals surface area (Å²) in [4.78, 5) is 21.7. The molecule has 5 nitrogen and oxygen atoms in total. The zero-order chi connectivity index (χ0) is 13.6. The molecule has 0 radical (unpaired) electrons. The van der Waals surface area contributed by atoms with E-state index in [0.29, 0.717) is 18.6 Å². The molecule has 1 aromatic rings. The lowest BCUT2D eigenvalue weighted by Crippen LogP contribution is -2.32. The highest BCUT2D eigenvalue weighted by molar-refractivity contribution is 5.71. The van der Waals surface area contributed by atoms with Gasteiger partial charge < -0.3 is 14.5 Å². The van der Waals surface area contributed by atoms with E-state index in [0.717, 1.165) is 0 Å². The summed E-state index contributed by atoms with van der Waals surface area (Å²) in [6.07, 6.45) is 3.54. The van der Waals surface area contributed by atoms with Gasteiger partial charge in [-0.3, -0.25) is 4.79 Å². The Hall–Kier alpha value is -2.04. The number of hydrogen-bond acceptors (Lipinski definition) is 4. The van der Waals surface area contributed by atoms with Crippen molar-refractivity contribution in [3.8, 4) is 0 Å². The van der Waals surface area contributed by atoms with E-state index in [1.54, 1.807) is 45.1 Å². The first-order valence-electron chi connectivity index (χ1n) is 5.59. The predicted octanol–water partition coefficient (Wildman–Crippen LogP) is 2.63. The van der Waals surface area contributed by atoms with Crippen LogP contribution >= 0.6 is 0 Å². The van der Waals surface area contributed by atoms with Gasteiger partial charge in [-0.1, -0.05) is 6.08 Å². The van der Waals surface area contributed by atoms with E-state index < -0.39 is 11.7 Å². The highest BCUT2D eigenvalue weighted by Gasteiger charge is 2.14. The van der Waals surface area contributed by atoms with Gasteiger partial charge in [-0.05, 0) is 39.0 Å². The molecule has 0 aliphatic heterocycles. The monoisotopic (exact) mass is 251 g/mol. The van der Waals surface area contributed by atoms with Crippen LogP contribution in [0.25, 0.3) is 6.08 Å². The Kier molecular flexibility index (Phi) is 4.71. The van der Waals surface area contributed by atoms with Gasteiger partial charge in [-0.15, -0.1) is 0 Å². The second-order valence-electron chi connectivity index (χ2n) is 4.64. The van der Waals surface area contributed by atoms with Gasteiger partial charge in [0.25, 0.3) is 0 Å². The van der Waals surface area contributed by atoms with Crippen molar-refractivity contribution in [1.29, 1.82) is 0 Å². The zero-order valence-electron chi connectivity index (χ0n) is 10.7. The molecule has 1 heterocycles. The summed E-state index contributed by atoms with van der Waals surface area (Å²) in [6, 6.07) is 3.25. The third-order valence-electron chi connectivity index (χ3n) is 1.81. The van der Waals surface area contributed by atoms with E-state index in [2.05, 4.69) is 5.32 Å². The van der Waals surface area contributed by atoms with Crippen LogP contribution in [0.2, 0.25) is 0 Å². The van der Waals surface area contributed by atoms with Gasteiger partial charge in [0.05, 0.1) is 0 Å². The van der Waals surface area contributed by atoms with Gasteiger partial charge in [0.2, 0.25) is 0 Å². The fourth-order valence-corrected chi connectivity index (χ4v) is 1.15. The number of amides is 1. The standard InChI is InChI=1S/C13H17NO4/c1-13(2,3)18-12(16)14-8-4-5-10-6-7-11(9-15)17-10/h4-7,9H,8H2,1-3H3,(H,14,16). The summed E-state index contributed by atoms with van der Waals surface area (Å²) in [7, 11) is 0. The SMILES string of the molecule is CC(C)(C)OC(=O)NCC=Cc1ccc(C=O)o1. The molecule has 0 fully saturated rings. The van der Waals surface area contributed by atoms with Gasteiger partial charge >= 0.3 is 6.09 Å². The minimum Gasteiger partial charge on any atom is -0.454 e. The van der Waals surface area contributed by atoms with Crippen LogP contribution in [-0.2, 0) is 4.74 Å². The number of furan rings is 1. The van der Waals surface area contributed by atoms with E-state index in [4.69, 9.17) is 9.15 Å². The Morgan fingerprint density at radius 3 is 2.61 bits per heavy atom. The molecule has 0 atom stereocenters. The van der Waals surface area contributed by atoms with Crippen LogP contribution in [0.1, 0.15) is 37.1 Å². The molecular weight excluding hydrogens is 234 g/mol. The smallest absolute Gasteiger partial charge is 0.407 e. The van der Waals surface area contributed by atoms with E-state index in [9.17, 15) is 9.59 Å². The molecule has 0 bridgehead atoms. The van der Waals surface area contributed by atoms with Crippen molar-refractivity contribution < 1.29 is 18.7 Å². The van der Waals surface area contributed by atoms with Crippen molar-refractivity contribution in [3.63, 3.8) is 0 Å². The Morgan fingerprint density at radius 2 is 2.06 bits per heavy atom. The third-order valence-corrected chi connectivity index (χ3v) is 1.81. The Balaban J connectivity index is 2.33. The van der Waals surface area contributed by atoms with Crippen LogP contribution in [0.3, 0.4) is 0 Å². The molecule has 98 valence electrons. The summed E-state index contributed by atoms with van der Waals surface area (Å²) >= 11 is 0. The molecule has 1 N–H and O–H groups in total. The van der Waals surface area contributed by atoms with Crippen LogP contribution < -0.4 is 5.32 Å². The van der Waals surface area contributed by atoms with Crippen molar-refractivity contribution in [2.45, 2.75) is 26.4 Å². The largest absolute Gasteiger partial charge is 0.454 e. The maximum absolute atomic E-state index is 11.3. The number of aldehydes is 1. The Morgan fingerprint density at radius 1 is 1.39 bits per heavy atom. The van der Waals surface area contributed by atoms with Gasteiger partial charge in [0, 0.05) is 6.54 Å². The molecule has 0 spiro atoms. The molecule has 0 unspecified atom stereocenters. The molecule has 0 aliphatic carbocycles. The molecule has 1 rings (SSSR count). The highest BCUT2D eigenvalue weighted by atomic mass is 16.6. The van der Waals surface area contributed by atoms with Gasteiger partial charge in [0.15, 0.2) is 12.0 Å². The predicted molar refractivity (Wildman–Crippen MR) is 67.4 cm³/mol. The number of ether oxygens (including phenoxy) is 1. The molecule has 5 heteroatoms. The van der Waals surface area contributed by atoms with Crippen LogP contribution in [0, 0.1) is 0 Å². The minimum atomic E-state index is -0.506. The maximum Gasteiger partial charge on any atom is 0.407 e. The first-order chi connectivity index (χ1) is 8.40. The van der Waals surface area contributed by atoms with Crippen molar-refractivity contribution in [3.05, 3.63) is 29.7 Å². The zero-order valence-corrected chi connectivity index (χ0v) is 10.7. The van der Waals surface area contributed by atoms with Crippen molar-refractivity contribution in [1.82, 2.24) is 5.32 Å².